The van der Waals surface area contributed by atoms with Crippen LogP contribution in [0.1, 0.15) is 6.42 Å². The number of β-amino-alcohol motifs (C(OH)–C–C–N with tert-alkyl or cyclic N) is 1. The van der Waals surface area contributed by atoms with Crippen molar-refractivity contribution in [3.63, 3.8) is 0 Å². The largest absolute Gasteiger partial charge is 0.480 e. The van der Waals surface area contributed by atoms with Gasteiger partial charge in [0.15, 0.2) is 5.82 Å². The number of carboxylic acids is 1. The summed E-state index contributed by atoms with van der Waals surface area (Å²) in [6.45, 7) is -0.177. The number of nitrogens with zero attached hydrogens (tertiary/aromatic N) is 1. The Kier molecular flexibility index (Phi) is 4.43. The van der Waals surface area contributed by atoms with Crippen molar-refractivity contribution in [2.24, 2.45) is 0 Å². The number of aliphatic carboxylic acids is 1. The quantitative estimate of drug-likeness (QED) is 0.746. The number of carbonyl (C=O) groups is 2. The van der Waals surface area contributed by atoms with Crippen LogP contribution in [0.4, 0.5) is 19.3 Å². The molecule has 1 aliphatic heterocycles. The lowest BCUT2D eigenvalue weighted by Crippen LogP contribution is -2.43. The number of aliphatic hydroxyl groups excluding tert-OH is 1. The van der Waals surface area contributed by atoms with Crippen molar-refractivity contribution < 1.29 is 28.6 Å². The molecule has 114 valence electrons. The van der Waals surface area contributed by atoms with Gasteiger partial charge in [0.2, 0.25) is 0 Å². The Balaban J connectivity index is 2.20. The smallest absolute Gasteiger partial charge is 0.326 e. The fourth-order valence-corrected chi connectivity index (χ4v) is 2.62. The van der Waals surface area contributed by atoms with Crippen LogP contribution >= 0.6 is 15.9 Å². The Bertz CT molecular complexity index is 576. The molecule has 2 amide bonds. The van der Waals surface area contributed by atoms with Gasteiger partial charge in [-0.05, 0) is 22.0 Å². The third kappa shape index (κ3) is 3.30. The number of urea groups is 1. The van der Waals surface area contributed by atoms with Crippen molar-refractivity contribution in [1.82, 2.24) is 4.90 Å². The molecule has 1 aromatic rings. The lowest BCUT2D eigenvalue weighted by molar-refractivity contribution is -0.141. The van der Waals surface area contributed by atoms with Crippen molar-refractivity contribution in [3.8, 4) is 0 Å². The summed E-state index contributed by atoms with van der Waals surface area (Å²) in [5.74, 6) is -3.08. The summed E-state index contributed by atoms with van der Waals surface area (Å²) < 4.78 is 26.6. The van der Waals surface area contributed by atoms with Crippen LogP contribution in [0, 0.1) is 11.6 Å². The van der Waals surface area contributed by atoms with Gasteiger partial charge >= 0.3 is 12.0 Å². The standard InChI is InChI=1S/C12H11BrF2N2O4/c13-7-1-5(14)2-8(15)10(7)16-12(21)17-4-6(18)3-9(17)11(19)20/h1-2,6,9,18H,3-4H2,(H,16,21)(H,19,20)/t6-,9+/m1/s1. The molecule has 21 heavy (non-hydrogen) atoms. The third-order valence-corrected chi connectivity index (χ3v) is 3.69. The summed E-state index contributed by atoms with van der Waals surface area (Å²) in [6.07, 6.45) is -1.06. The molecule has 0 aliphatic carbocycles. The molecule has 1 aromatic carbocycles. The first-order chi connectivity index (χ1) is 9.79. The maximum atomic E-state index is 13.6. The van der Waals surface area contributed by atoms with Crippen molar-refractivity contribution in [3.05, 3.63) is 28.2 Å². The van der Waals surface area contributed by atoms with Crippen LogP contribution in [0.5, 0.6) is 0 Å². The topological polar surface area (TPSA) is 89.9 Å². The predicted molar refractivity (Wildman–Crippen MR) is 71.8 cm³/mol. The molecule has 0 unspecified atom stereocenters. The Labute approximate surface area is 126 Å². The molecule has 0 saturated carbocycles. The number of likely N-dealkylation sites (tertiary alicyclic amines) is 1. The summed E-state index contributed by atoms with van der Waals surface area (Å²) in [4.78, 5) is 23.9. The Morgan fingerprint density at radius 2 is 2.05 bits per heavy atom. The molecule has 6 nitrogen and oxygen atoms in total. The van der Waals surface area contributed by atoms with Crippen LogP contribution in [-0.2, 0) is 4.79 Å². The number of halogens is 3. The third-order valence-electron chi connectivity index (χ3n) is 3.06. The Morgan fingerprint density at radius 3 is 2.62 bits per heavy atom. The van der Waals surface area contributed by atoms with Crippen LogP contribution in [0.15, 0.2) is 16.6 Å². The van der Waals surface area contributed by atoms with Crippen molar-refractivity contribution in [1.29, 1.82) is 0 Å². The molecule has 1 saturated heterocycles. The second kappa shape index (κ2) is 5.94. The molecule has 0 bridgehead atoms. The first kappa shape index (κ1) is 15.6. The van der Waals surface area contributed by atoms with Gasteiger partial charge in [-0.15, -0.1) is 0 Å². The van der Waals surface area contributed by atoms with E-state index in [2.05, 4.69) is 21.2 Å². The van der Waals surface area contributed by atoms with Gasteiger partial charge in [-0.25, -0.2) is 18.4 Å². The summed E-state index contributed by atoms with van der Waals surface area (Å²) in [6, 6.07) is -0.521. The number of benzene rings is 1. The number of amides is 2. The van der Waals surface area contributed by atoms with E-state index in [1.54, 1.807) is 0 Å². The lowest BCUT2D eigenvalue weighted by Gasteiger charge is -2.22. The van der Waals surface area contributed by atoms with Gasteiger partial charge in [0, 0.05) is 23.5 Å². The normalized spacial score (nSPS) is 21.4. The molecule has 1 aliphatic rings. The number of hydrogen-bond acceptors (Lipinski definition) is 3. The Hall–Kier alpha value is -1.74. The van der Waals surface area contributed by atoms with E-state index in [1.165, 1.54) is 0 Å². The van der Waals surface area contributed by atoms with Crippen molar-refractivity contribution in [2.75, 3.05) is 11.9 Å². The fraction of sp³-hybridized carbons (Fsp3) is 0.333. The van der Waals surface area contributed by atoms with E-state index in [9.17, 15) is 23.5 Å². The van der Waals surface area contributed by atoms with E-state index in [0.29, 0.717) is 6.07 Å². The average Bonchev–Trinajstić information content (AvgIpc) is 2.76. The molecule has 2 rings (SSSR count). The van der Waals surface area contributed by atoms with Crippen LogP contribution in [0.2, 0.25) is 0 Å². The molecular weight excluding hydrogens is 354 g/mol. The van der Waals surface area contributed by atoms with Gasteiger partial charge in [0.1, 0.15) is 11.9 Å². The SMILES string of the molecule is O=C(O)[C@@H]1C[C@@H](O)CN1C(=O)Nc1c(F)cc(F)cc1Br. The van der Waals surface area contributed by atoms with E-state index >= 15 is 0 Å². The molecular formula is C12H11BrF2N2O4. The fourth-order valence-electron chi connectivity index (χ4n) is 2.11. The molecule has 0 radical (unpaired) electrons. The highest BCUT2D eigenvalue weighted by molar-refractivity contribution is 9.10. The summed E-state index contributed by atoms with van der Waals surface area (Å²) in [5, 5.41) is 20.6. The maximum Gasteiger partial charge on any atom is 0.326 e. The highest BCUT2D eigenvalue weighted by atomic mass is 79.9. The van der Waals surface area contributed by atoms with Crippen LogP contribution in [0.3, 0.4) is 0 Å². The minimum Gasteiger partial charge on any atom is -0.480 e. The lowest BCUT2D eigenvalue weighted by atomic mass is 10.2. The Morgan fingerprint density at radius 1 is 1.38 bits per heavy atom. The number of carbonyl (C=O) groups excluding carboxylic acids is 1. The van der Waals surface area contributed by atoms with Gasteiger partial charge < -0.3 is 20.4 Å². The van der Waals surface area contributed by atoms with E-state index in [0.717, 1.165) is 11.0 Å². The van der Waals surface area contributed by atoms with Gasteiger partial charge in [-0.3, -0.25) is 0 Å². The van der Waals surface area contributed by atoms with Crippen molar-refractivity contribution >= 4 is 33.6 Å². The average molecular weight is 365 g/mol. The van der Waals surface area contributed by atoms with Crippen molar-refractivity contribution in [2.45, 2.75) is 18.6 Å². The molecule has 1 heterocycles. The molecule has 9 heteroatoms. The first-order valence-corrected chi connectivity index (χ1v) is 6.72. The minimum atomic E-state index is -1.26. The number of rotatable bonds is 2. The van der Waals surface area contributed by atoms with Gasteiger partial charge in [0.25, 0.3) is 0 Å². The second-order valence-electron chi connectivity index (χ2n) is 4.57. The van der Waals surface area contributed by atoms with Crippen LogP contribution < -0.4 is 5.32 Å². The zero-order valence-electron chi connectivity index (χ0n) is 10.5. The van der Waals surface area contributed by atoms with E-state index in [4.69, 9.17) is 5.11 Å². The monoisotopic (exact) mass is 364 g/mol. The number of anilines is 1. The number of aliphatic hydroxyl groups is 1. The second-order valence-corrected chi connectivity index (χ2v) is 5.42. The zero-order valence-corrected chi connectivity index (χ0v) is 12.1. The number of nitrogens with one attached hydrogen (secondary N) is 1. The molecule has 0 spiro atoms. The first-order valence-electron chi connectivity index (χ1n) is 5.92. The molecule has 3 N–H and O–H groups in total. The molecule has 1 fully saturated rings. The highest BCUT2D eigenvalue weighted by Crippen LogP contribution is 2.28. The maximum absolute atomic E-state index is 13.6. The minimum absolute atomic E-state index is 0.0139. The number of carboxylic acid groups (broad SMARTS) is 1. The number of hydrogen-bond donors (Lipinski definition) is 3. The highest BCUT2D eigenvalue weighted by Gasteiger charge is 2.39. The van der Waals surface area contributed by atoms with E-state index < -0.39 is 35.8 Å². The van der Waals surface area contributed by atoms with E-state index in [1.807, 2.05) is 0 Å². The summed E-state index contributed by atoms with van der Waals surface area (Å²) in [5.41, 5.74) is -0.299. The van der Waals surface area contributed by atoms with Gasteiger partial charge in [-0.1, -0.05) is 0 Å². The summed E-state index contributed by atoms with van der Waals surface area (Å²) in [7, 11) is 0. The molecule has 2 atom stereocenters. The zero-order chi connectivity index (χ0) is 15.7. The predicted octanol–water partition coefficient (Wildman–Crippen LogP) is 1.78. The van der Waals surface area contributed by atoms with Gasteiger partial charge in [-0.2, -0.15) is 0 Å². The van der Waals surface area contributed by atoms with E-state index in [-0.39, 0.29) is 23.1 Å². The van der Waals surface area contributed by atoms with Gasteiger partial charge in [0.05, 0.1) is 11.8 Å². The molecule has 0 aromatic heterocycles. The van der Waals surface area contributed by atoms with Crippen LogP contribution in [0.25, 0.3) is 0 Å². The summed E-state index contributed by atoms with van der Waals surface area (Å²) >= 11 is 2.91. The van der Waals surface area contributed by atoms with Crippen LogP contribution in [-0.4, -0.2) is 45.8 Å².